The first kappa shape index (κ1) is 11.7. The second-order valence-corrected chi connectivity index (χ2v) is 3.88. The van der Waals surface area contributed by atoms with E-state index in [1.165, 1.54) is 0 Å². The summed E-state index contributed by atoms with van der Waals surface area (Å²) in [7, 11) is 0. The molecule has 0 bridgehead atoms. The Morgan fingerprint density at radius 3 is 3.18 bits per heavy atom. The Balaban J connectivity index is 2.18. The molecule has 0 saturated heterocycles. The van der Waals surface area contributed by atoms with Gasteiger partial charge in [-0.15, -0.1) is 0 Å². The fraction of sp³-hybridized carbons (Fsp3) is 0.273. The monoisotopic (exact) mass is 254 g/mol. The zero-order valence-electron chi connectivity index (χ0n) is 9.20. The second kappa shape index (κ2) is 5.05. The summed E-state index contributed by atoms with van der Waals surface area (Å²) in [6.07, 6.45) is 0.280. The highest BCUT2D eigenvalue weighted by Crippen LogP contribution is 2.27. The van der Waals surface area contributed by atoms with Crippen LogP contribution in [0.3, 0.4) is 0 Å². The summed E-state index contributed by atoms with van der Waals surface area (Å²) >= 11 is 5.84. The molecular weight excluding hydrogens is 244 g/mol. The molecule has 5 nitrogen and oxygen atoms in total. The van der Waals surface area contributed by atoms with E-state index in [9.17, 15) is 4.79 Å². The number of carbonyl (C=O) groups is 1. The first-order valence-electron chi connectivity index (χ1n) is 5.21. The summed E-state index contributed by atoms with van der Waals surface area (Å²) in [5.74, 6) is 0.121. The molecule has 2 rings (SSSR count). The molecule has 0 saturated carbocycles. The minimum atomic E-state index is -0.554. The number of fused-ring (bicyclic) bond motifs is 1. The van der Waals surface area contributed by atoms with Gasteiger partial charge in [0, 0.05) is 11.6 Å². The summed E-state index contributed by atoms with van der Waals surface area (Å²) in [6, 6.07) is 4.98. The van der Waals surface area contributed by atoms with Crippen molar-refractivity contribution in [1.29, 1.82) is 0 Å². The number of hydrogen-bond donors (Lipinski definition) is 1. The quantitative estimate of drug-likeness (QED) is 0.915. The molecule has 0 aliphatic rings. The fourth-order valence-electron chi connectivity index (χ4n) is 1.31. The van der Waals surface area contributed by atoms with Crippen LogP contribution in [0.1, 0.15) is 13.3 Å². The number of hydrogen-bond acceptors (Lipinski definition) is 4. The summed E-state index contributed by atoms with van der Waals surface area (Å²) in [4.78, 5) is 11.3. The van der Waals surface area contributed by atoms with Crippen molar-refractivity contribution >= 4 is 28.7 Å². The standard InChI is InChI=1S/C11H11ClN2O3/c1-2-5-13-11(15)16-10-8-6-7(12)3-4-9(8)17-14-10/h3-4,6H,2,5H2,1H3,(H,13,15). The van der Waals surface area contributed by atoms with Crippen molar-refractivity contribution in [3.63, 3.8) is 0 Å². The number of rotatable bonds is 3. The van der Waals surface area contributed by atoms with Gasteiger partial charge in [0.1, 0.15) is 0 Å². The molecule has 1 aromatic heterocycles. The van der Waals surface area contributed by atoms with Crippen molar-refractivity contribution in [3.8, 4) is 5.88 Å². The van der Waals surface area contributed by atoms with Crippen molar-refractivity contribution in [3.05, 3.63) is 23.2 Å². The van der Waals surface area contributed by atoms with Gasteiger partial charge in [-0.1, -0.05) is 18.5 Å². The molecule has 0 fully saturated rings. The molecule has 0 unspecified atom stereocenters. The molecule has 0 aliphatic carbocycles. The SMILES string of the molecule is CCCNC(=O)Oc1noc2ccc(Cl)cc12. The highest BCUT2D eigenvalue weighted by atomic mass is 35.5. The van der Waals surface area contributed by atoms with E-state index >= 15 is 0 Å². The van der Waals surface area contributed by atoms with Crippen LogP contribution in [0, 0.1) is 0 Å². The van der Waals surface area contributed by atoms with Gasteiger partial charge in [0.05, 0.1) is 5.39 Å². The predicted molar refractivity (Wildman–Crippen MR) is 63.3 cm³/mol. The van der Waals surface area contributed by atoms with Crippen LogP contribution in [-0.4, -0.2) is 17.8 Å². The van der Waals surface area contributed by atoms with E-state index in [1.807, 2.05) is 6.92 Å². The molecular formula is C11H11ClN2O3. The molecule has 1 amide bonds. The van der Waals surface area contributed by atoms with Crippen molar-refractivity contribution in [1.82, 2.24) is 10.5 Å². The number of ether oxygens (including phenoxy) is 1. The minimum Gasteiger partial charge on any atom is -0.387 e. The molecule has 6 heteroatoms. The molecule has 1 N–H and O–H groups in total. The number of nitrogens with zero attached hydrogens (tertiary/aromatic N) is 1. The lowest BCUT2D eigenvalue weighted by molar-refractivity contribution is 0.196. The molecule has 90 valence electrons. The Hall–Kier alpha value is -1.75. The molecule has 0 radical (unpaired) electrons. The van der Waals surface area contributed by atoms with E-state index in [1.54, 1.807) is 18.2 Å². The Morgan fingerprint density at radius 1 is 1.59 bits per heavy atom. The number of nitrogens with one attached hydrogen (secondary N) is 1. The third kappa shape index (κ3) is 2.68. The smallest absolute Gasteiger partial charge is 0.387 e. The van der Waals surface area contributed by atoms with Crippen molar-refractivity contribution < 1.29 is 14.1 Å². The first-order valence-corrected chi connectivity index (χ1v) is 5.59. The summed E-state index contributed by atoms with van der Waals surface area (Å²) in [6.45, 7) is 2.50. The van der Waals surface area contributed by atoms with Crippen LogP contribution >= 0.6 is 11.6 Å². The van der Waals surface area contributed by atoms with Crippen LogP contribution in [0.5, 0.6) is 5.88 Å². The van der Waals surface area contributed by atoms with Gasteiger partial charge in [0.2, 0.25) is 0 Å². The average Bonchev–Trinajstić information content (AvgIpc) is 2.69. The predicted octanol–water partition coefficient (Wildman–Crippen LogP) is 2.98. The topological polar surface area (TPSA) is 64.4 Å². The van der Waals surface area contributed by atoms with Crippen LogP contribution in [0.4, 0.5) is 4.79 Å². The molecule has 0 atom stereocenters. The van der Waals surface area contributed by atoms with Gasteiger partial charge < -0.3 is 14.6 Å². The minimum absolute atomic E-state index is 0.121. The number of benzene rings is 1. The highest BCUT2D eigenvalue weighted by molar-refractivity contribution is 6.31. The lowest BCUT2D eigenvalue weighted by Crippen LogP contribution is -2.27. The highest BCUT2D eigenvalue weighted by Gasteiger charge is 2.13. The number of halogens is 1. The van der Waals surface area contributed by atoms with Crippen molar-refractivity contribution in [2.24, 2.45) is 0 Å². The van der Waals surface area contributed by atoms with Gasteiger partial charge in [-0.3, -0.25) is 0 Å². The first-order chi connectivity index (χ1) is 8.20. The number of amides is 1. The Kier molecular flexibility index (Phi) is 3.49. The maximum atomic E-state index is 11.3. The van der Waals surface area contributed by atoms with E-state index in [-0.39, 0.29) is 5.88 Å². The number of aromatic nitrogens is 1. The van der Waals surface area contributed by atoms with Crippen LogP contribution in [-0.2, 0) is 0 Å². The molecule has 2 aromatic rings. The van der Waals surface area contributed by atoms with E-state index < -0.39 is 6.09 Å². The molecule has 0 aliphatic heterocycles. The van der Waals surface area contributed by atoms with E-state index in [4.69, 9.17) is 20.9 Å². The third-order valence-electron chi connectivity index (χ3n) is 2.11. The van der Waals surface area contributed by atoms with E-state index in [0.29, 0.717) is 22.5 Å². The zero-order chi connectivity index (χ0) is 12.3. The maximum absolute atomic E-state index is 11.3. The van der Waals surface area contributed by atoms with Gasteiger partial charge in [-0.25, -0.2) is 4.79 Å². The Bertz CT molecular complexity index is 538. The fourth-order valence-corrected chi connectivity index (χ4v) is 1.49. The van der Waals surface area contributed by atoms with Crippen molar-refractivity contribution in [2.45, 2.75) is 13.3 Å². The van der Waals surface area contributed by atoms with Crippen LogP contribution < -0.4 is 10.1 Å². The maximum Gasteiger partial charge on any atom is 0.414 e. The third-order valence-corrected chi connectivity index (χ3v) is 2.34. The molecule has 17 heavy (non-hydrogen) atoms. The second-order valence-electron chi connectivity index (χ2n) is 3.44. The summed E-state index contributed by atoms with van der Waals surface area (Å²) in [5.41, 5.74) is 0.521. The van der Waals surface area contributed by atoms with Crippen LogP contribution in [0.2, 0.25) is 5.02 Å². The van der Waals surface area contributed by atoms with Gasteiger partial charge in [0.15, 0.2) is 5.58 Å². The number of carbonyl (C=O) groups excluding carboxylic acids is 1. The van der Waals surface area contributed by atoms with E-state index in [2.05, 4.69) is 10.5 Å². The molecule has 1 aromatic carbocycles. The average molecular weight is 255 g/mol. The Labute approximate surface area is 103 Å². The lowest BCUT2D eigenvalue weighted by atomic mass is 10.3. The van der Waals surface area contributed by atoms with Crippen LogP contribution in [0.25, 0.3) is 11.0 Å². The van der Waals surface area contributed by atoms with Crippen molar-refractivity contribution in [2.75, 3.05) is 6.54 Å². The molecule has 0 spiro atoms. The Morgan fingerprint density at radius 2 is 2.41 bits per heavy atom. The lowest BCUT2D eigenvalue weighted by Gasteiger charge is -2.01. The van der Waals surface area contributed by atoms with E-state index in [0.717, 1.165) is 6.42 Å². The van der Waals surface area contributed by atoms with Gasteiger partial charge >= 0.3 is 6.09 Å². The van der Waals surface area contributed by atoms with Gasteiger partial charge in [0.25, 0.3) is 5.88 Å². The van der Waals surface area contributed by atoms with Crippen LogP contribution in [0.15, 0.2) is 22.7 Å². The van der Waals surface area contributed by atoms with Gasteiger partial charge in [-0.05, 0) is 29.8 Å². The summed E-state index contributed by atoms with van der Waals surface area (Å²) < 4.78 is 10.0. The summed E-state index contributed by atoms with van der Waals surface area (Å²) in [5, 5.41) is 7.34. The zero-order valence-corrected chi connectivity index (χ0v) is 9.95. The molecule has 1 heterocycles. The normalized spacial score (nSPS) is 10.5. The largest absolute Gasteiger partial charge is 0.414 e. The van der Waals surface area contributed by atoms with Gasteiger partial charge in [-0.2, -0.15) is 0 Å².